The highest BCUT2D eigenvalue weighted by Crippen LogP contribution is 2.58. The van der Waals surface area contributed by atoms with E-state index in [0.717, 1.165) is 11.7 Å². The van der Waals surface area contributed by atoms with Crippen LogP contribution in [0.25, 0.3) is 6.08 Å². The van der Waals surface area contributed by atoms with Crippen molar-refractivity contribution in [2.45, 2.75) is 6.42 Å². The second kappa shape index (κ2) is 3.38. The largest absolute Gasteiger partial charge is 0.113 e. The van der Waals surface area contributed by atoms with Crippen LogP contribution in [0.15, 0.2) is 29.6 Å². The molecule has 0 amide bonds. The molecule has 0 saturated heterocycles. The number of fused-ring (bicyclic) bond motifs is 1. The molecule has 0 spiro atoms. The summed E-state index contributed by atoms with van der Waals surface area (Å²) >= 11 is 11.7. The van der Waals surface area contributed by atoms with Crippen molar-refractivity contribution in [1.29, 1.82) is 0 Å². The summed E-state index contributed by atoms with van der Waals surface area (Å²) in [6, 6.07) is 8.28. The Labute approximate surface area is 82.5 Å². The van der Waals surface area contributed by atoms with Gasteiger partial charge < -0.3 is 0 Å². The first kappa shape index (κ1) is 8.56. The van der Waals surface area contributed by atoms with Gasteiger partial charge in [-0.2, -0.15) is 0 Å². The second-order valence-electron chi connectivity index (χ2n) is 2.74. The van der Waals surface area contributed by atoms with E-state index in [1.807, 2.05) is 12.1 Å². The molecule has 0 saturated carbocycles. The van der Waals surface area contributed by atoms with Crippen molar-refractivity contribution in [1.82, 2.24) is 0 Å². The Morgan fingerprint density at radius 1 is 1.17 bits per heavy atom. The van der Waals surface area contributed by atoms with Gasteiger partial charge in [-0.1, -0.05) is 46.7 Å². The minimum atomic E-state index is -0.942. The van der Waals surface area contributed by atoms with E-state index in [1.165, 1.54) is 11.1 Å². The SMILES string of the molecule is ClP(Cl)C1=Cc2ccccc2C1. The first-order valence-corrected chi connectivity index (χ1v) is 6.83. The van der Waals surface area contributed by atoms with Gasteiger partial charge in [-0.15, -0.1) is 0 Å². The normalized spacial score (nSPS) is 14.8. The molecule has 0 aliphatic heterocycles. The molecule has 1 aromatic carbocycles. The van der Waals surface area contributed by atoms with E-state index in [0.29, 0.717) is 0 Å². The maximum atomic E-state index is 5.84. The summed E-state index contributed by atoms with van der Waals surface area (Å²) < 4.78 is 0. The van der Waals surface area contributed by atoms with Crippen LogP contribution in [0.2, 0.25) is 0 Å². The molecule has 1 aromatic rings. The van der Waals surface area contributed by atoms with Crippen LogP contribution < -0.4 is 0 Å². The highest BCUT2D eigenvalue weighted by molar-refractivity contribution is 8.06. The molecule has 0 bridgehead atoms. The molecule has 62 valence electrons. The maximum Gasteiger partial charge on any atom is 0.113 e. The number of rotatable bonds is 1. The summed E-state index contributed by atoms with van der Waals surface area (Å²) in [4.78, 5) is 0. The zero-order chi connectivity index (χ0) is 8.55. The molecule has 12 heavy (non-hydrogen) atoms. The summed E-state index contributed by atoms with van der Waals surface area (Å²) in [6.45, 7) is -0.942. The molecular formula is C9H7Cl2P. The summed E-state index contributed by atoms with van der Waals surface area (Å²) in [5, 5.41) is 1.16. The van der Waals surface area contributed by atoms with Crippen molar-refractivity contribution in [2.75, 3.05) is 0 Å². The standard InChI is InChI=1S/C9H7Cl2P/c10-12(11)9-5-7-3-1-2-4-8(7)6-9/h1-5H,6H2. The third-order valence-corrected chi connectivity index (χ3v) is 3.99. The third-order valence-electron chi connectivity index (χ3n) is 1.97. The molecule has 0 fully saturated rings. The third kappa shape index (κ3) is 1.52. The Balaban J connectivity index is 2.35. The van der Waals surface area contributed by atoms with E-state index in [1.54, 1.807) is 0 Å². The Kier molecular flexibility index (Phi) is 2.41. The smallest absolute Gasteiger partial charge is 0.0731 e. The average molecular weight is 217 g/mol. The number of hydrogen-bond acceptors (Lipinski definition) is 0. The van der Waals surface area contributed by atoms with Crippen LogP contribution in [0.1, 0.15) is 11.1 Å². The van der Waals surface area contributed by atoms with E-state index in [4.69, 9.17) is 22.5 Å². The highest BCUT2D eigenvalue weighted by atomic mass is 35.9. The highest BCUT2D eigenvalue weighted by Gasteiger charge is 2.16. The molecule has 0 N–H and O–H groups in total. The van der Waals surface area contributed by atoms with Crippen molar-refractivity contribution in [3.8, 4) is 0 Å². The lowest BCUT2D eigenvalue weighted by Crippen LogP contribution is -1.79. The Bertz CT molecular complexity index is 331. The van der Waals surface area contributed by atoms with Crippen LogP contribution in [0.4, 0.5) is 0 Å². The van der Waals surface area contributed by atoms with E-state index in [2.05, 4.69) is 18.2 Å². The zero-order valence-electron chi connectivity index (χ0n) is 6.30. The number of hydrogen-bond donors (Lipinski definition) is 0. The zero-order valence-corrected chi connectivity index (χ0v) is 8.70. The van der Waals surface area contributed by atoms with Crippen molar-refractivity contribution in [3.05, 3.63) is 40.7 Å². The quantitative estimate of drug-likeness (QED) is 0.612. The Morgan fingerprint density at radius 3 is 2.58 bits per heavy atom. The number of halogens is 2. The van der Waals surface area contributed by atoms with Crippen LogP contribution in [-0.4, -0.2) is 0 Å². The predicted molar refractivity (Wildman–Crippen MR) is 56.7 cm³/mol. The summed E-state index contributed by atoms with van der Waals surface area (Å²) in [5.41, 5.74) is 2.60. The first-order valence-electron chi connectivity index (χ1n) is 3.67. The van der Waals surface area contributed by atoms with Gasteiger partial charge in [0.1, 0.15) is 6.63 Å². The first-order chi connectivity index (χ1) is 5.77. The molecule has 0 heterocycles. The van der Waals surface area contributed by atoms with Gasteiger partial charge in [-0.25, -0.2) is 0 Å². The maximum absolute atomic E-state index is 5.84. The topological polar surface area (TPSA) is 0 Å². The van der Waals surface area contributed by atoms with Gasteiger partial charge in [0.2, 0.25) is 0 Å². The summed E-state index contributed by atoms with van der Waals surface area (Å²) in [5.74, 6) is 0. The predicted octanol–water partition coefficient (Wildman–Crippen LogP) is 4.37. The van der Waals surface area contributed by atoms with E-state index >= 15 is 0 Å². The van der Waals surface area contributed by atoms with Crippen molar-refractivity contribution in [3.63, 3.8) is 0 Å². The minimum Gasteiger partial charge on any atom is -0.0731 e. The molecule has 0 nitrogen and oxygen atoms in total. The lowest BCUT2D eigenvalue weighted by Gasteiger charge is -1.99. The Morgan fingerprint density at radius 2 is 1.92 bits per heavy atom. The molecule has 0 aromatic heterocycles. The van der Waals surface area contributed by atoms with Gasteiger partial charge in [-0.3, -0.25) is 0 Å². The number of benzene rings is 1. The van der Waals surface area contributed by atoms with Crippen LogP contribution >= 0.6 is 29.1 Å². The molecular weight excluding hydrogens is 210 g/mol. The van der Waals surface area contributed by atoms with Gasteiger partial charge in [0, 0.05) is 6.42 Å². The molecule has 0 radical (unpaired) electrons. The minimum absolute atomic E-state index is 0.925. The molecule has 0 unspecified atom stereocenters. The van der Waals surface area contributed by atoms with Crippen molar-refractivity contribution in [2.24, 2.45) is 0 Å². The van der Waals surface area contributed by atoms with E-state index in [9.17, 15) is 0 Å². The van der Waals surface area contributed by atoms with Crippen LogP contribution in [0.5, 0.6) is 0 Å². The lowest BCUT2D eigenvalue weighted by atomic mass is 10.1. The number of allylic oxidation sites excluding steroid dienone is 1. The average Bonchev–Trinajstić information content (AvgIpc) is 2.46. The van der Waals surface area contributed by atoms with Gasteiger partial charge in [0.15, 0.2) is 0 Å². The fourth-order valence-electron chi connectivity index (χ4n) is 1.37. The van der Waals surface area contributed by atoms with Crippen LogP contribution in [-0.2, 0) is 6.42 Å². The van der Waals surface area contributed by atoms with Crippen LogP contribution in [0, 0.1) is 0 Å². The van der Waals surface area contributed by atoms with E-state index in [-0.39, 0.29) is 0 Å². The molecule has 3 heteroatoms. The van der Waals surface area contributed by atoms with Crippen molar-refractivity contribution < 1.29 is 0 Å². The van der Waals surface area contributed by atoms with E-state index < -0.39 is 6.63 Å². The lowest BCUT2D eigenvalue weighted by molar-refractivity contribution is 1.29. The molecule has 1 aliphatic rings. The van der Waals surface area contributed by atoms with Gasteiger partial charge >= 0.3 is 0 Å². The molecule has 2 rings (SSSR count). The molecule has 1 aliphatic carbocycles. The van der Waals surface area contributed by atoms with Gasteiger partial charge in [-0.05, 0) is 22.5 Å². The fraction of sp³-hybridized carbons (Fsp3) is 0.111. The monoisotopic (exact) mass is 216 g/mol. The van der Waals surface area contributed by atoms with Gasteiger partial charge in [0.25, 0.3) is 0 Å². The Hall–Kier alpha value is -0.0300. The van der Waals surface area contributed by atoms with Crippen LogP contribution in [0.3, 0.4) is 0 Å². The second-order valence-corrected chi connectivity index (χ2v) is 6.33. The molecule has 0 atom stereocenters. The van der Waals surface area contributed by atoms with Crippen molar-refractivity contribution >= 4 is 35.2 Å². The summed E-state index contributed by atoms with van der Waals surface area (Å²) in [6.07, 6.45) is 3.02. The fourth-order valence-corrected chi connectivity index (χ4v) is 2.55. The summed E-state index contributed by atoms with van der Waals surface area (Å²) in [7, 11) is 0. The van der Waals surface area contributed by atoms with Gasteiger partial charge in [0.05, 0.1) is 0 Å².